The number of amides is 1. The van der Waals surface area contributed by atoms with Crippen molar-refractivity contribution >= 4 is 49.4 Å². The van der Waals surface area contributed by atoms with Crippen molar-refractivity contribution in [2.45, 2.75) is 45.2 Å². The molecule has 0 spiro atoms. The molecule has 1 fully saturated rings. The first-order valence-corrected chi connectivity index (χ1v) is 11.9. The molecule has 1 aliphatic rings. The van der Waals surface area contributed by atoms with Gasteiger partial charge in [0, 0.05) is 6.54 Å². The molecule has 0 radical (unpaired) electrons. The molecule has 0 aliphatic carbocycles. The molecule has 166 valence electrons. The van der Waals surface area contributed by atoms with Gasteiger partial charge in [-0.05, 0) is 28.8 Å². The van der Waals surface area contributed by atoms with Crippen molar-refractivity contribution in [3.05, 3.63) is 60.7 Å². The molecule has 2 aromatic rings. The van der Waals surface area contributed by atoms with Gasteiger partial charge >= 0.3 is 0 Å². The summed E-state index contributed by atoms with van der Waals surface area (Å²) in [6.07, 6.45) is 0.709. The lowest BCUT2D eigenvalue weighted by atomic mass is 9.87. The Labute approximate surface area is 193 Å². The molecule has 0 unspecified atom stereocenters. The van der Waals surface area contributed by atoms with E-state index in [4.69, 9.17) is 10.2 Å². The van der Waals surface area contributed by atoms with Gasteiger partial charge in [0.15, 0.2) is 0 Å². The minimum absolute atomic E-state index is 0. The van der Waals surface area contributed by atoms with Crippen LogP contribution in [-0.2, 0) is 9.22 Å². The quantitative estimate of drug-likeness (QED) is 0.639. The summed E-state index contributed by atoms with van der Waals surface area (Å²) in [6.45, 7) is 9.57. The Morgan fingerprint density at radius 1 is 1.03 bits per heavy atom. The summed E-state index contributed by atoms with van der Waals surface area (Å²) in [4.78, 5) is 12.4. The molecule has 0 aromatic heterocycles. The third-order valence-electron chi connectivity index (χ3n) is 5.95. The van der Waals surface area contributed by atoms with Crippen LogP contribution in [0.15, 0.2) is 60.7 Å². The summed E-state index contributed by atoms with van der Waals surface area (Å²) in [7, 11) is -2.58. The topological polar surface area (TPSA) is 64.3 Å². The molecule has 3 N–H and O–H groups in total. The largest absolute Gasteiger partial charge is 0.405 e. The maximum Gasteiger partial charge on any atom is 0.261 e. The Morgan fingerprint density at radius 2 is 1.50 bits per heavy atom. The molecule has 4 nitrogen and oxygen atoms in total. The van der Waals surface area contributed by atoms with Gasteiger partial charge in [0.25, 0.3) is 8.32 Å². The third-order valence-corrected chi connectivity index (χ3v) is 11.0. The minimum atomic E-state index is -2.58. The van der Waals surface area contributed by atoms with Crippen molar-refractivity contribution in [2.24, 2.45) is 11.1 Å². The van der Waals surface area contributed by atoms with Crippen molar-refractivity contribution in [1.29, 1.82) is 0 Å². The molecule has 30 heavy (non-hydrogen) atoms. The molecule has 3 rings (SSSR count). The lowest BCUT2D eigenvalue weighted by Gasteiger charge is -2.43. The van der Waals surface area contributed by atoms with Crippen LogP contribution in [0.25, 0.3) is 0 Å². The van der Waals surface area contributed by atoms with Gasteiger partial charge in [0.2, 0.25) is 5.91 Å². The van der Waals surface area contributed by atoms with E-state index in [2.05, 4.69) is 74.6 Å². The standard InChI is InChI=1S/C23H32N2O2Si.2ClH/c1-22(2,3)28(19-11-7-5-8-12-19,20-13-9-6-10-14-20)27-16-18-15-23(4,17-24)21(26)25-18;;/h5-14,18H,15-17,24H2,1-4H3,(H,25,26);2*1H/t18-,23-;;/m0../s1. The van der Waals surface area contributed by atoms with Crippen molar-refractivity contribution in [1.82, 2.24) is 5.32 Å². The summed E-state index contributed by atoms with van der Waals surface area (Å²) < 4.78 is 6.92. The number of rotatable bonds is 6. The van der Waals surface area contributed by atoms with Crippen LogP contribution < -0.4 is 21.4 Å². The minimum Gasteiger partial charge on any atom is -0.405 e. The van der Waals surface area contributed by atoms with Crippen LogP contribution in [0.2, 0.25) is 5.04 Å². The molecule has 0 saturated carbocycles. The van der Waals surface area contributed by atoms with E-state index in [1.165, 1.54) is 10.4 Å². The number of halogens is 2. The van der Waals surface area contributed by atoms with Gasteiger partial charge < -0.3 is 15.5 Å². The SMILES string of the molecule is CC(C)(C)[Si](OC[C@@H]1C[C@@](C)(CN)C(=O)N1)(c1ccccc1)c1ccccc1.Cl.Cl. The van der Waals surface area contributed by atoms with Crippen LogP contribution in [0.5, 0.6) is 0 Å². The molecule has 0 bridgehead atoms. The van der Waals surface area contributed by atoms with Gasteiger partial charge in [-0.25, -0.2) is 0 Å². The molecular weight excluding hydrogens is 435 g/mol. The van der Waals surface area contributed by atoms with Crippen LogP contribution in [0.4, 0.5) is 0 Å². The highest BCUT2D eigenvalue weighted by Gasteiger charge is 2.51. The van der Waals surface area contributed by atoms with E-state index < -0.39 is 13.7 Å². The van der Waals surface area contributed by atoms with E-state index in [1.54, 1.807) is 0 Å². The van der Waals surface area contributed by atoms with Gasteiger partial charge in [-0.1, -0.05) is 81.4 Å². The Hall–Kier alpha value is -1.37. The second-order valence-corrected chi connectivity index (χ2v) is 13.4. The Kier molecular flexibility index (Phi) is 9.15. The zero-order valence-corrected chi connectivity index (χ0v) is 20.8. The highest BCUT2D eigenvalue weighted by atomic mass is 35.5. The van der Waals surface area contributed by atoms with E-state index in [-0.39, 0.29) is 41.8 Å². The number of carbonyl (C=O) groups excluding carboxylic acids is 1. The van der Waals surface area contributed by atoms with Gasteiger partial charge in [-0.3, -0.25) is 4.79 Å². The Morgan fingerprint density at radius 3 is 1.87 bits per heavy atom. The number of hydrogen-bond acceptors (Lipinski definition) is 3. The average molecular weight is 470 g/mol. The molecule has 2 aromatic carbocycles. The second-order valence-electron chi connectivity index (χ2n) is 9.11. The predicted molar refractivity (Wildman–Crippen MR) is 132 cm³/mol. The summed E-state index contributed by atoms with van der Waals surface area (Å²) in [6, 6.07) is 21.1. The number of hydrogen-bond donors (Lipinski definition) is 2. The molecule has 7 heteroatoms. The van der Waals surface area contributed by atoms with Crippen molar-refractivity contribution in [3.8, 4) is 0 Å². The normalized spacial score (nSPS) is 21.4. The predicted octanol–water partition coefficient (Wildman–Crippen LogP) is 3.26. The van der Waals surface area contributed by atoms with Crippen molar-refractivity contribution in [2.75, 3.05) is 13.2 Å². The van der Waals surface area contributed by atoms with Crippen LogP contribution in [0.1, 0.15) is 34.1 Å². The van der Waals surface area contributed by atoms with Gasteiger partial charge in [-0.15, -0.1) is 24.8 Å². The van der Waals surface area contributed by atoms with Gasteiger partial charge in [0.05, 0.1) is 18.1 Å². The third kappa shape index (κ3) is 4.92. The van der Waals surface area contributed by atoms with E-state index in [0.29, 0.717) is 19.6 Å². The number of benzene rings is 2. The molecule has 1 aliphatic heterocycles. The van der Waals surface area contributed by atoms with Crippen LogP contribution >= 0.6 is 24.8 Å². The van der Waals surface area contributed by atoms with E-state index in [1.807, 2.05) is 19.1 Å². The first-order chi connectivity index (χ1) is 13.2. The summed E-state index contributed by atoms with van der Waals surface area (Å²) >= 11 is 0. The van der Waals surface area contributed by atoms with E-state index in [9.17, 15) is 4.79 Å². The lowest BCUT2D eigenvalue weighted by Crippen LogP contribution is -2.67. The smallest absolute Gasteiger partial charge is 0.261 e. The van der Waals surface area contributed by atoms with Crippen LogP contribution in [0, 0.1) is 5.41 Å². The molecule has 1 amide bonds. The van der Waals surface area contributed by atoms with Crippen molar-refractivity contribution in [3.63, 3.8) is 0 Å². The average Bonchev–Trinajstić information content (AvgIpc) is 2.97. The summed E-state index contributed by atoms with van der Waals surface area (Å²) in [5, 5.41) is 5.53. The highest BCUT2D eigenvalue weighted by Crippen LogP contribution is 2.37. The zero-order valence-electron chi connectivity index (χ0n) is 18.2. The van der Waals surface area contributed by atoms with Crippen molar-refractivity contribution < 1.29 is 9.22 Å². The van der Waals surface area contributed by atoms with Crippen LogP contribution in [0.3, 0.4) is 0 Å². The summed E-state index contributed by atoms with van der Waals surface area (Å²) in [5.41, 5.74) is 5.36. The monoisotopic (exact) mass is 468 g/mol. The zero-order chi connectivity index (χ0) is 20.4. The maximum absolute atomic E-state index is 12.4. The summed E-state index contributed by atoms with van der Waals surface area (Å²) in [5.74, 6) is 0.0334. The number of nitrogens with two attached hydrogens (primary N) is 1. The number of carbonyl (C=O) groups is 1. The second kappa shape index (κ2) is 10.3. The van der Waals surface area contributed by atoms with E-state index >= 15 is 0 Å². The molecule has 1 heterocycles. The van der Waals surface area contributed by atoms with E-state index in [0.717, 1.165) is 0 Å². The molecular formula is C23H34Cl2N2O2Si. The maximum atomic E-state index is 12.4. The number of nitrogens with one attached hydrogen (secondary N) is 1. The van der Waals surface area contributed by atoms with Crippen LogP contribution in [-0.4, -0.2) is 33.4 Å². The van der Waals surface area contributed by atoms with Gasteiger partial charge in [-0.2, -0.15) is 0 Å². The van der Waals surface area contributed by atoms with Gasteiger partial charge in [0.1, 0.15) is 0 Å². The fourth-order valence-corrected chi connectivity index (χ4v) is 8.92. The highest BCUT2D eigenvalue weighted by molar-refractivity contribution is 6.99. The lowest BCUT2D eigenvalue weighted by molar-refractivity contribution is -0.126. The Bertz CT molecular complexity index is 775. The first kappa shape index (κ1) is 26.7. The fourth-order valence-electron chi connectivity index (χ4n) is 4.31. The first-order valence-electron chi connectivity index (χ1n) is 9.99. The Balaban J connectivity index is 0.00000225. The fraction of sp³-hybridized carbons (Fsp3) is 0.435. The molecule has 1 saturated heterocycles. The molecule has 2 atom stereocenters.